The van der Waals surface area contributed by atoms with Crippen LogP contribution in [0.1, 0.15) is 32.8 Å². The van der Waals surface area contributed by atoms with Crippen molar-refractivity contribution in [2.75, 3.05) is 6.54 Å². The van der Waals surface area contributed by atoms with Crippen LogP contribution < -0.4 is 14.4 Å². The van der Waals surface area contributed by atoms with Crippen LogP contribution in [0, 0.1) is 16.0 Å². The average Bonchev–Trinajstić information content (AvgIpc) is 2.86. The minimum absolute atomic E-state index is 0.270. The van der Waals surface area contributed by atoms with E-state index in [1.807, 2.05) is 37.3 Å². The first kappa shape index (κ1) is 27.4. The van der Waals surface area contributed by atoms with Crippen molar-refractivity contribution in [1.82, 2.24) is 5.32 Å². The second kappa shape index (κ2) is 12.7. The first-order valence-electron chi connectivity index (χ1n) is 11.9. The van der Waals surface area contributed by atoms with Crippen LogP contribution >= 0.6 is 7.82 Å². The van der Waals surface area contributed by atoms with Crippen LogP contribution in [0.3, 0.4) is 0 Å². The summed E-state index contributed by atoms with van der Waals surface area (Å²) in [5.41, 5.74) is -0.421. The summed E-state index contributed by atoms with van der Waals surface area (Å²) in [6.45, 7) is 6.02. The number of nitrogens with one attached hydrogen (secondary N) is 1. The van der Waals surface area contributed by atoms with E-state index in [9.17, 15) is 14.7 Å². The van der Waals surface area contributed by atoms with Gasteiger partial charge in [-0.1, -0.05) is 73.7 Å². The van der Waals surface area contributed by atoms with E-state index in [0.29, 0.717) is 19.5 Å². The molecule has 0 aromatic heterocycles. The fourth-order valence-corrected chi connectivity index (χ4v) is 5.39. The molecule has 192 valence electrons. The van der Waals surface area contributed by atoms with Crippen molar-refractivity contribution in [2.45, 2.75) is 45.4 Å². The van der Waals surface area contributed by atoms with Gasteiger partial charge in [-0.3, -0.25) is 14.6 Å². The van der Waals surface area contributed by atoms with Gasteiger partial charge in [0.25, 0.3) is 0 Å². The first-order valence-corrected chi connectivity index (χ1v) is 13.3. The Balaban J connectivity index is 1.79. The Hall–Kier alpha value is -3.19. The highest BCUT2D eigenvalue weighted by atomic mass is 31.2. The summed E-state index contributed by atoms with van der Waals surface area (Å²) in [5, 5.41) is 15.4. The Labute approximate surface area is 212 Å². The molecule has 0 aliphatic rings. The van der Waals surface area contributed by atoms with Gasteiger partial charge >= 0.3 is 7.82 Å². The van der Waals surface area contributed by atoms with Crippen LogP contribution in [-0.2, 0) is 15.6 Å². The molecule has 1 N–H and O–H groups in total. The largest absolute Gasteiger partial charge is 0.588 e. The van der Waals surface area contributed by atoms with Crippen molar-refractivity contribution in [2.24, 2.45) is 5.92 Å². The monoisotopic (exact) mass is 512 g/mol. The maximum absolute atomic E-state index is 13.9. The topological polar surface area (TPSA) is 99.9 Å². The van der Waals surface area contributed by atoms with E-state index < -0.39 is 24.4 Å². The fraction of sp³-hybridized carbons (Fsp3) is 0.333. The number of nitrogens with zero attached hydrogens (tertiary/aromatic N) is 1. The normalized spacial score (nSPS) is 13.5. The summed E-state index contributed by atoms with van der Waals surface area (Å²) in [6.07, 6.45) is -0.518. The Morgan fingerprint density at radius 3 is 1.83 bits per heavy atom. The molecule has 36 heavy (non-hydrogen) atoms. The molecule has 2 atom stereocenters. The Morgan fingerprint density at radius 2 is 1.36 bits per heavy atom. The third-order valence-corrected chi connectivity index (χ3v) is 7.15. The zero-order valence-electron chi connectivity index (χ0n) is 20.8. The highest BCUT2D eigenvalue weighted by molar-refractivity contribution is 7.49. The Bertz CT molecular complexity index is 1080. The van der Waals surface area contributed by atoms with Crippen molar-refractivity contribution < 1.29 is 23.1 Å². The van der Waals surface area contributed by atoms with Gasteiger partial charge < -0.3 is 14.4 Å². The minimum atomic E-state index is -4.32. The molecule has 0 aliphatic heterocycles. The highest BCUT2D eigenvalue weighted by Gasteiger charge is 2.50. The maximum Gasteiger partial charge on any atom is 0.588 e. The minimum Gasteiger partial charge on any atom is -0.395 e. The van der Waals surface area contributed by atoms with Crippen LogP contribution in [0.2, 0.25) is 0 Å². The molecule has 0 radical (unpaired) electrons. The fourth-order valence-electron chi connectivity index (χ4n) is 3.76. The van der Waals surface area contributed by atoms with Crippen molar-refractivity contribution in [3.05, 3.63) is 107 Å². The number of rotatable bonds is 14. The third kappa shape index (κ3) is 7.92. The quantitative estimate of drug-likeness (QED) is 0.114. The average molecular weight is 513 g/mol. The molecular weight excluding hydrogens is 479 g/mol. The number of nitro groups is 1. The summed E-state index contributed by atoms with van der Waals surface area (Å²) in [5.74, 6) is 0.193. The van der Waals surface area contributed by atoms with E-state index >= 15 is 0 Å². The van der Waals surface area contributed by atoms with Gasteiger partial charge in [0.15, 0.2) is 0 Å². The summed E-state index contributed by atoms with van der Waals surface area (Å²) in [6, 6.07) is 26.9. The summed E-state index contributed by atoms with van der Waals surface area (Å²) < 4.78 is 31.4. The van der Waals surface area contributed by atoms with Crippen molar-refractivity contribution in [3.63, 3.8) is 0 Å². The predicted octanol–water partition coefficient (Wildman–Crippen LogP) is 6.51. The van der Waals surface area contributed by atoms with E-state index in [0.717, 1.165) is 5.56 Å². The lowest BCUT2D eigenvalue weighted by Gasteiger charge is -2.33. The second-order valence-electron chi connectivity index (χ2n) is 9.12. The predicted molar refractivity (Wildman–Crippen MR) is 140 cm³/mol. The van der Waals surface area contributed by atoms with Gasteiger partial charge in [0.2, 0.25) is 5.54 Å². The molecule has 9 heteroatoms. The maximum atomic E-state index is 13.9. The van der Waals surface area contributed by atoms with Crippen molar-refractivity contribution in [1.29, 1.82) is 0 Å². The number of para-hydroxylation sites is 2. The molecule has 8 nitrogen and oxygen atoms in total. The lowest BCUT2D eigenvalue weighted by Crippen LogP contribution is -2.49. The smallest absolute Gasteiger partial charge is 0.395 e. The second-order valence-corrected chi connectivity index (χ2v) is 10.6. The highest BCUT2D eigenvalue weighted by Crippen LogP contribution is 2.53. The lowest BCUT2D eigenvalue weighted by atomic mass is 9.86. The molecule has 0 bridgehead atoms. The molecule has 0 saturated carbocycles. The van der Waals surface area contributed by atoms with E-state index in [4.69, 9.17) is 13.6 Å². The molecule has 0 unspecified atom stereocenters. The SMILES string of the molecule is C[C@H](CCNCc1ccccc1)[C@@H](OP(=O)(Oc1ccccc1)Oc1ccccc1)C(C)(C)[N+](=O)[O-]. The van der Waals surface area contributed by atoms with Crippen LogP contribution in [0.15, 0.2) is 91.0 Å². The van der Waals surface area contributed by atoms with Gasteiger partial charge in [0, 0.05) is 25.3 Å². The molecule has 0 saturated heterocycles. The van der Waals surface area contributed by atoms with E-state index in [2.05, 4.69) is 5.32 Å². The van der Waals surface area contributed by atoms with E-state index in [-0.39, 0.29) is 17.4 Å². The molecule has 0 aliphatic carbocycles. The summed E-state index contributed by atoms with van der Waals surface area (Å²) in [7, 11) is -4.32. The van der Waals surface area contributed by atoms with Crippen LogP contribution in [0.5, 0.6) is 11.5 Å². The molecule has 3 aromatic carbocycles. The molecule has 0 fully saturated rings. The summed E-state index contributed by atoms with van der Waals surface area (Å²) >= 11 is 0. The number of phosphoric ester groups is 1. The number of phosphoric acid groups is 1. The number of benzene rings is 3. The van der Waals surface area contributed by atoms with E-state index in [1.54, 1.807) is 60.7 Å². The summed E-state index contributed by atoms with van der Waals surface area (Å²) in [4.78, 5) is 11.6. The van der Waals surface area contributed by atoms with Gasteiger partial charge in [-0.25, -0.2) is 4.57 Å². The molecule has 0 amide bonds. The van der Waals surface area contributed by atoms with Crippen LogP contribution in [-0.4, -0.2) is 23.1 Å². The molecular formula is C27H33N2O6P. The zero-order valence-corrected chi connectivity index (χ0v) is 21.7. The van der Waals surface area contributed by atoms with Crippen LogP contribution in [0.4, 0.5) is 0 Å². The van der Waals surface area contributed by atoms with Gasteiger partial charge in [-0.05, 0) is 48.7 Å². The number of hydrogen-bond acceptors (Lipinski definition) is 7. The lowest BCUT2D eigenvalue weighted by molar-refractivity contribution is -0.574. The number of hydrogen-bond donors (Lipinski definition) is 1. The van der Waals surface area contributed by atoms with Gasteiger partial charge in [-0.2, -0.15) is 0 Å². The first-order chi connectivity index (χ1) is 17.2. The third-order valence-electron chi connectivity index (χ3n) is 5.80. The standard InChI is InChI=1S/C27H33N2O6P/c1-22(19-20-28-21-23-13-7-4-8-14-23)26(27(2,3)29(30)31)35-36(32,33-24-15-9-5-10-16-24)34-25-17-11-6-12-18-25/h4-18,22,26,28H,19-21H2,1-3H3/t22-,26-/m1/s1. The Morgan fingerprint density at radius 1 is 0.889 bits per heavy atom. The van der Waals surface area contributed by atoms with E-state index in [1.165, 1.54) is 13.8 Å². The Kier molecular flexibility index (Phi) is 9.65. The zero-order chi connectivity index (χ0) is 26.0. The molecule has 0 spiro atoms. The van der Waals surface area contributed by atoms with Crippen molar-refractivity contribution >= 4 is 7.82 Å². The molecule has 0 heterocycles. The molecule has 3 aromatic rings. The van der Waals surface area contributed by atoms with Gasteiger partial charge in [-0.15, -0.1) is 0 Å². The van der Waals surface area contributed by atoms with Crippen molar-refractivity contribution in [3.8, 4) is 11.5 Å². The van der Waals surface area contributed by atoms with Crippen LogP contribution in [0.25, 0.3) is 0 Å². The molecule has 3 rings (SSSR count). The van der Waals surface area contributed by atoms with Gasteiger partial charge in [0.1, 0.15) is 17.6 Å². The van der Waals surface area contributed by atoms with Gasteiger partial charge in [0.05, 0.1) is 0 Å².